The zero-order valence-electron chi connectivity index (χ0n) is 20.7. The molecule has 190 valence electrons. The third-order valence-electron chi connectivity index (χ3n) is 8.63. The van der Waals surface area contributed by atoms with Gasteiger partial charge >= 0.3 is 0 Å². The Bertz CT molecular complexity index is 950. The van der Waals surface area contributed by atoms with Crippen LogP contribution < -0.4 is 11.1 Å². The van der Waals surface area contributed by atoms with Crippen LogP contribution in [0.25, 0.3) is 0 Å². The van der Waals surface area contributed by atoms with Crippen LogP contribution in [0.3, 0.4) is 0 Å². The van der Waals surface area contributed by atoms with E-state index in [2.05, 4.69) is 29.3 Å². The summed E-state index contributed by atoms with van der Waals surface area (Å²) in [6.45, 7) is 5.80. The van der Waals surface area contributed by atoms with Crippen LogP contribution in [-0.2, 0) is 14.3 Å². The number of carbonyl (C=O) groups excluding carboxylic acids is 3. The number of ether oxygens (including phenoxy) is 1. The van der Waals surface area contributed by atoms with E-state index in [1.165, 1.54) is 5.56 Å². The molecule has 0 unspecified atom stereocenters. The number of Topliss-reactive ketones (excluding diaryl/α,β-unsaturated/α-hetero) is 1. The summed E-state index contributed by atoms with van der Waals surface area (Å²) >= 11 is 0. The van der Waals surface area contributed by atoms with Crippen LogP contribution in [0.5, 0.6) is 0 Å². The summed E-state index contributed by atoms with van der Waals surface area (Å²) < 4.78 is 5.57. The maximum atomic E-state index is 13.9. The molecule has 2 amide bonds. The van der Waals surface area contributed by atoms with Crippen molar-refractivity contribution in [2.45, 2.75) is 81.5 Å². The molecule has 1 aromatic carbocycles. The molecule has 3 aliphatic heterocycles. The van der Waals surface area contributed by atoms with E-state index >= 15 is 0 Å². The molecule has 0 radical (unpaired) electrons. The Hall–Kier alpha value is -2.29. The quantitative estimate of drug-likeness (QED) is 0.663. The molecule has 8 nitrogen and oxygen atoms in total. The van der Waals surface area contributed by atoms with Crippen molar-refractivity contribution in [3.05, 3.63) is 35.4 Å². The van der Waals surface area contributed by atoms with Crippen molar-refractivity contribution in [3.8, 4) is 0 Å². The number of rotatable bonds is 5. The zero-order chi connectivity index (χ0) is 24.6. The summed E-state index contributed by atoms with van der Waals surface area (Å²) in [6.07, 6.45) is 5.73. The van der Waals surface area contributed by atoms with Gasteiger partial charge in [-0.05, 0) is 68.9 Å². The van der Waals surface area contributed by atoms with E-state index in [1.54, 1.807) is 4.90 Å². The number of hydrogen-bond donors (Lipinski definition) is 2. The number of fused-ring (bicyclic) bond motifs is 1. The normalized spacial score (nSPS) is 29.3. The molecule has 35 heavy (non-hydrogen) atoms. The minimum absolute atomic E-state index is 0.00398. The predicted molar refractivity (Wildman–Crippen MR) is 132 cm³/mol. The van der Waals surface area contributed by atoms with Crippen LogP contribution in [0.1, 0.15) is 73.7 Å². The Morgan fingerprint density at radius 2 is 1.80 bits per heavy atom. The molecule has 0 bridgehead atoms. The maximum absolute atomic E-state index is 13.9. The highest BCUT2D eigenvalue weighted by Gasteiger charge is 2.55. The standard InChI is InChI=1S/C27H38N4O4/c1-2-30-14-10-19(11-15-30)18-6-8-20(9-7-18)25(33)29-27(12-4-3-5-13-27)26(34)31-16-21(28)24-23(31)22(32)17-35-24/h6-9,19,21,23-24H,2-5,10-17,28H2,1H3,(H,29,33)/t21-,23+,24+/m0/s1. The topological polar surface area (TPSA) is 105 Å². The Labute approximate surface area is 207 Å². The van der Waals surface area contributed by atoms with Crippen molar-refractivity contribution in [2.75, 3.05) is 32.8 Å². The van der Waals surface area contributed by atoms with Gasteiger partial charge in [-0.15, -0.1) is 0 Å². The highest BCUT2D eigenvalue weighted by Crippen LogP contribution is 2.35. The van der Waals surface area contributed by atoms with E-state index in [-0.39, 0.29) is 36.8 Å². The molecule has 1 saturated carbocycles. The van der Waals surface area contributed by atoms with E-state index in [0.29, 0.717) is 24.3 Å². The van der Waals surface area contributed by atoms with E-state index < -0.39 is 17.7 Å². The second-order valence-corrected chi connectivity index (χ2v) is 10.7. The van der Waals surface area contributed by atoms with Gasteiger partial charge in [0.2, 0.25) is 5.91 Å². The number of nitrogens with two attached hydrogens (primary N) is 1. The number of benzene rings is 1. The van der Waals surface area contributed by atoms with Crippen molar-refractivity contribution in [3.63, 3.8) is 0 Å². The fraction of sp³-hybridized carbons (Fsp3) is 0.667. The Morgan fingerprint density at radius 3 is 2.46 bits per heavy atom. The number of nitrogens with zero attached hydrogens (tertiary/aromatic N) is 2. The van der Waals surface area contributed by atoms with Crippen molar-refractivity contribution < 1.29 is 19.1 Å². The van der Waals surface area contributed by atoms with Crippen molar-refractivity contribution in [1.82, 2.24) is 15.1 Å². The molecule has 0 aromatic heterocycles. The highest BCUT2D eigenvalue weighted by molar-refractivity contribution is 6.01. The summed E-state index contributed by atoms with van der Waals surface area (Å²) in [4.78, 5) is 43.8. The van der Waals surface area contributed by atoms with Crippen LogP contribution in [0.4, 0.5) is 0 Å². The molecule has 1 aliphatic carbocycles. The minimum atomic E-state index is -1.00. The lowest BCUT2D eigenvalue weighted by Crippen LogP contribution is -2.62. The number of piperidine rings is 1. The first-order valence-electron chi connectivity index (χ1n) is 13.3. The van der Waals surface area contributed by atoms with Gasteiger partial charge in [0.25, 0.3) is 5.91 Å². The zero-order valence-corrected chi connectivity index (χ0v) is 20.7. The molecule has 8 heteroatoms. The summed E-state index contributed by atoms with van der Waals surface area (Å²) in [6, 6.07) is 6.88. The van der Waals surface area contributed by atoms with Gasteiger partial charge in [-0.25, -0.2) is 0 Å². The number of hydrogen-bond acceptors (Lipinski definition) is 6. The van der Waals surface area contributed by atoms with Crippen molar-refractivity contribution in [2.24, 2.45) is 5.73 Å². The third kappa shape index (κ3) is 4.63. The molecule has 3 N–H and O–H groups in total. The highest BCUT2D eigenvalue weighted by atomic mass is 16.5. The summed E-state index contributed by atoms with van der Waals surface area (Å²) in [7, 11) is 0. The molecule has 3 heterocycles. The molecular formula is C27H38N4O4. The summed E-state index contributed by atoms with van der Waals surface area (Å²) in [5.41, 5.74) is 7.04. The minimum Gasteiger partial charge on any atom is -0.366 e. The Balaban J connectivity index is 1.30. The van der Waals surface area contributed by atoms with Gasteiger partial charge in [-0.2, -0.15) is 0 Å². The Kier molecular flexibility index (Phi) is 6.97. The lowest BCUT2D eigenvalue weighted by Gasteiger charge is -2.40. The molecule has 3 saturated heterocycles. The summed E-state index contributed by atoms with van der Waals surface area (Å²) in [5.74, 6) is 0.00177. The molecule has 5 rings (SSSR count). The lowest BCUT2D eigenvalue weighted by atomic mass is 9.80. The first-order chi connectivity index (χ1) is 16.9. The number of likely N-dealkylation sites (tertiary alicyclic amines) is 2. The average Bonchev–Trinajstić information content (AvgIpc) is 3.44. The molecule has 4 fully saturated rings. The number of amides is 2. The maximum Gasteiger partial charge on any atom is 0.252 e. The number of carbonyl (C=O) groups is 3. The Morgan fingerprint density at radius 1 is 1.11 bits per heavy atom. The third-order valence-corrected chi connectivity index (χ3v) is 8.63. The number of nitrogens with one attached hydrogen (secondary N) is 1. The number of ketones is 1. The fourth-order valence-electron chi connectivity index (χ4n) is 6.50. The lowest BCUT2D eigenvalue weighted by molar-refractivity contribution is -0.143. The van der Waals surface area contributed by atoms with Crippen LogP contribution in [-0.4, -0.2) is 83.9 Å². The van der Waals surface area contributed by atoms with Crippen LogP contribution in [0, 0.1) is 0 Å². The average molecular weight is 483 g/mol. The SMILES string of the molecule is CCN1CCC(c2ccc(C(=O)NC3(C(=O)N4C[C@H](N)[C@H]5OCC(=O)[C@H]54)CCCCC3)cc2)CC1. The van der Waals surface area contributed by atoms with E-state index in [4.69, 9.17) is 10.5 Å². The molecule has 1 aromatic rings. The largest absolute Gasteiger partial charge is 0.366 e. The van der Waals surface area contributed by atoms with E-state index in [9.17, 15) is 14.4 Å². The first-order valence-corrected chi connectivity index (χ1v) is 13.3. The van der Waals surface area contributed by atoms with Gasteiger partial charge in [-0.1, -0.05) is 38.3 Å². The molecule has 3 atom stereocenters. The van der Waals surface area contributed by atoms with Crippen LogP contribution in [0.2, 0.25) is 0 Å². The fourth-order valence-corrected chi connectivity index (χ4v) is 6.50. The van der Waals surface area contributed by atoms with Crippen LogP contribution >= 0.6 is 0 Å². The first kappa shape index (κ1) is 24.4. The second kappa shape index (κ2) is 9.99. The van der Waals surface area contributed by atoms with Crippen LogP contribution in [0.15, 0.2) is 24.3 Å². The van der Waals surface area contributed by atoms with E-state index in [1.807, 2.05) is 12.1 Å². The van der Waals surface area contributed by atoms with Gasteiger partial charge in [0, 0.05) is 12.1 Å². The van der Waals surface area contributed by atoms with Gasteiger partial charge < -0.3 is 25.6 Å². The smallest absolute Gasteiger partial charge is 0.252 e. The summed E-state index contributed by atoms with van der Waals surface area (Å²) in [5, 5.41) is 3.12. The molecule has 4 aliphatic rings. The van der Waals surface area contributed by atoms with E-state index in [0.717, 1.165) is 51.7 Å². The van der Waals surface area contributed by atoms with Gasteiger partial charge in [-0.3, -0.25) is 14.4 Å². The van der Waals surface area contributed by atoms with Crippen molar-refractivity contribution in [1.29, 1.82) is 0 Å². The monoisotopic (exact) mass is 482 g/mol. The van der Waals surface area contributed by atoms with Gasteiger partial charge in [0.15, 0.2) is 5.78 Å². The van der Waals surface area contributed by atoms with Crippen molar-refractivity contribution >= 4 is 17.6 Å². The van der Waals surface area contributed by atoms with Gasteiger partial charge in [0.05, 0.1) is 6.04 Å². The molecule has 0 spiro atoms. The van der Waals surface area contributed by atoms with Gasteiger partial charge in [0.1, 0.15) is 24.3 Å². The molecular weight excluding hydrogens is 444 g/mol. The predicted octanol–water partition coefficient (Wildman–Crippen LogP) is 1.82. The second-order valence-electron chi connectivity index (χ2n) is 10.7.